The van der Waals surface area contributed by atoms with Crippen LogP contribution in [-0.2, 0) is 11.2 Å². The molecule has 0 aromatic carbocycles. The Kier molecular flexibility index (Phi) is 8.44. The van der Waals surface area contributed by atoms with Crippen LogP contribution in [0.4, 0.5) is 5.82 Å². The zero-order valence-electron chi connectivity index (χ0n) is 18.3. The van der Waals surface area contributed by atoms with Gasteiger partial charge in [-0.05, 0) is 38.1 Å². The van der Waals surface area contributed by atoms with Gasteiger partial charge in [0.05, 0.1) is 11.1 Å². The molecule has 8 heteroatoms. The van der Waals surface area contributed by atoms with Crippen molar-refractivity contribution in [1.29, 1.82) is 10.5 Å². The number of allylic oxidation sites excluding steroid dienone is 3. The number of thioether (sulfide) groups is 1. The Morgan fingerprint density at radius 2 is 2.06 bits per heavy atom. The summed E-state index contributed by atoms with van der Waals surface area (Å²) in [7, 11) is 4.06. The van der Waals surface area contributed by atoms with Crippen molar-refractivity contribution in [3.05, 3.63) is 53.6 Å². The summed E-state index contributed by atoms with van der Waals surface area (Å²) in [5.41, 5.74) is 7.61. The average molecular weight is 437 g/mol. The van der Waals surface area contributed by atoms with Gasteiger partial charge < -0.3 is 15.5 Å². The Hall–Kier alpha value is -3.07. The largest absolute Gasteiger partial charge is 0.368 e. The molecule has 162 valence electrons. The van der Waals surface area contributed by atoms with Crippen molar-refractivity contribution < 1.29 is 4.79 Å². The highest BCUT2D eigenvalue weighted by Crippen LogP contribution is 2.36. The number of carbonyl (C=O) groups is 1. The second-order valence-corrected chi connectivity index (χ2v) is 8.50. The van der Waals surface area contributed by atoms with Gasteiger partial charge in [-0.25, -0.2) is 4.98 Å². The number of pyridine rings is 1. The summed E-state index contributed by atoms with van der Waals surface area (Å²) in [4.78, 5) is 21.2. The second kappa shape index (κ2) is 10.8. The first-order chi connectivity index (χ1) is 14.8. The number of nitrogens with zero attached hydrogens (tertiary/aromatic N) is 5. The Labute approximate surface area is 188 Å². The highest BCUT2D eigenvalue weighted by Gasteiger charge is 2.31. The third kappa shape index (κ3) is 5.16. The highest BCUT2D eigenvalue weighted by atomic mass is 32.2. The molecule has 1 aliphatic rings. The minimum atomic E-state index is -0.784. The molecule has 0 radical (unpaired) electrons. The molecule has 31 heavy (non-hydrogen) atoms. The van der Waals surface area contributed by atoms with Crippen LogP contribution in [0.25, 0.3) is 0 Å². The van der Waals surface area contributed by atoms with E-state index in [1.165, 1.54) is 0 Å². The number of primary amides is 1. The van der Waals surface area contributed by atoms with E-state index in [9.17, 15) is 15.3 Å². The molecule has 2 N–H and O–H groups in total. The maximum atomic E-state index is 12.2. The highest BCUT2D eigenvalue weighted by molar-refractivity contribution is 8.00. The van der Waals surface area contributed by atoms with Gasteiger partial charge in [0.25, 0.3) is 0 Å². The van der Waals surface area contributed by atoms with Crippen LogP contribution in [0.3, 0.4) is 0 Å². The van der Waals surface area contributed by atoms with Crippen LogP contribution < -0.4 is 10.6 Å². The molecule has 2 rings (SSSR count). The number of carbonyl (C=O) groups excluding carboxylic acids is 1. The molecule has 7 nitrogen and oxygen atoms in total. The van der Waals surface area contributed by atoms with E-state index in [4.69, 9.17) is 10.7 Å². The summed E-state index contributed by atoms with van der Waals surface area (Å²) >= 11 is 1.11. The summed E-state index contributed by atoms with van der Waals surface area (Å²) in [5.74, 6) is -0.0113. The van der Waals surface area contributed by atoms with Gasteiger partial charge in [-0.15, -0.1) is 0 Å². The van der Waals surface area contributed by atoms with E-state index >= 15 is 0 Å². The number of nitriles is 2. The predicted molar refractivity (Wildman–Crippen MR) is 125 cm³/mol. The molecular weight excluding hydrogens is 408 g/mol. The van der Waals surface area contributed by atoms with Crippen molar-refractivity contribution in [3.63, 3.8) is 0 Å². The number of amides is 1. The van der Waals surface area contributed by atoms with Crippen molar-refractivity contribution in [2.45, 2.75) is 36.1 Å². The number of anilines is 1. The number of hydrogen-bond donors (Lipinski definition) is 1. The van der Waals surface area contributed by atoms with Crippen LogP contribution in [0.15, 0.2) is 42.0 Å². The van der Waals surface area contributed by atoms with E-state index in [0.29, 0.717) is 45.6 Å². The van der Waals surface area contributed by atoms with Crippen LogP contribution in [0, 0.1) is 22.7 Å². The quantitative estimate of drug-likeness (QED) is 0.468. The first-order valence-electron chi connectivity index (χ1n) is 10.0. The Balaban J connectivity index is 2.64. The van der Waals surface area contributed by atoms with Crippen LogP contribution in [0.2, 0.25) is 0 Å². The minimum Gasteiger partial charge on any atom is -0.368 e. The molecule has 2 unspecified atom stereocenters. The molecular formula is C23H28N6OS. The zero-order valence-corrected chi connectivity index (χ0v) is 19.1. The fraction of sp³-hybridized carbons (Fsp3) is 0.391. The number of aromatic nitrogens is 1. The van der Waals surface area contributed by atoms with Crippen molar-refractivity contribution in [2.75, 3.05) is 32.1 Å². The lowest BCUT2D eigenvalue weighted by molar-refractivity contribution is -0.116. The van der Waals surface area contributed by atoms with Gasteiger partial charge in [0.15, 0.2) is 0 Å². The fourth-order valence-corrected chi connectivity index (χ4v) is 4.73. The average Bonchev–Trinajstić information content (AvgIpc) is 3.25. The van der Waals surface area contributed by atoms with E-state index in [1.54, 1.807) is 18.2 Å². The summed E-state index contributed by atoms with van der Waals surface area (Å²) < 4.78 is 0. The smallest absolute Gasteiger partial charge is 0.235 e. The third-order valence-electron chi connectivity index (χ3n) is 5.36. The van der Waals surface area contributed by atoms with Crippen LogP contribution in [0.5, 0.6) is 0 Å². The molecule has 2 heterocycles. The third-order valence-corrected chi connectivity index (χ3v) is 6.61. The van der Waals surface area contributed by atoms with Gasteiger partial charge in [0, 0.05) is 19.1 Å². The molecule has 1 saturated heterocycles. The SMILES string of the molecule is C=C/C=C(\C=C)C(Sc1nc(N2CCC(N(C)C)C2)c(C#N)c(CC)c1C#N)C(N)=O. The van der Waals surface area contributed by atoms with Crippen LogP contribution in [-0.4, -0.2) is 54.3 Å². The lowest BCUT2D eigenvalue weighted by Crippen LogP contribution is -2.32. The first kappa shape index (κ1) is 24.2. The number of rotatable bonds is 9. The monoisotopic (exact) mass is 436 g/mol. The zero-order chi connectivity index (χ0) is 23.1. The maximum absolute atomic E-state index is 12.2. The van der Waals surface area contributed by atoms with Gasteiger partial charge in [0.2, 0.25) is 5.91 Å². The van der Waals surface area contributed by atoms with E-state index < -0.39 is 11.2 Å². The molecule has 1 aromatic rings. The van der Waals surface area contributed by atoms with Crippen molar-refractivity contribution in [3.8, 4) is 12.1 Å². The number of likely N-dealkylation sites (N-methyl/N-ethyl adjacent to an activating group) is 1. The van der Waals surface area contributed by atoms with E-state index in [0.717, 1.165) is 31.3 Å². The molecule has 2 atom stereocenters. The van der Waals surface area contributed by atoms with Crippen LogP contribution >= 0.6 is 11.8 Å². The van der Waals surface area contributed by atoms with Gasteiger partial charge in [0.1, 0.15) is 28.2 Å². The topological polar surface area (TPSA) is 110 Å². The molecule has 0 bridgehead atoms. The van der Waals surface area contributed by atoms with Gasteiger partial charge in [-0.1, -0.05) is 50.1 Å². The Morgan fingerprint density at radius 3 is 2.52 bits per heavy atom. The summed E-state index contributed by atoms with van der Waals surface area (Å²) in [5, 5.41) is 19.4. The molecule has 1 amide bonds. The number of hydrogen-bond acceptors (Lipinski definition) is 7. The van der Waals surface area contributed by atoms with E-state index in [1.807, 2.05) is 21.0 Å². The van der Waals surface area contributed by atoms with Crippen molar-refractivity contribution in [1.82, 2.24) is 9.88 Å². The molecule has 0 aliphatic carbocycles. The van der Waals surface area contributed by atoms with Crippen molar-refractivity contribution in [2.24, 2.45) is 5.73 Å². The Morgan fingerprint density at radius 1 is 1.39 bits per heavy atom. The maximum Gasteiger partial charge on any atom is 0.235 e. The summed E-state index contributed by atoms with van der Waals surface area (Å²) in [6, 6.07) is 4.80. The standard InChI is InChI=1S/C23H28N6OS/c1-6-9-15(7-2)20(21(26)30)31-23-19(13-25)17(8-3)18(12-24)22(27-23)29-11-10-16(14-29)28(4)5/h6-7,9,16,20H,1-2,8,10-11,14H2,3-5H3,(H2,26,30)/b15-9+. The van der Waals surface area contributed by atoms with Crippen molar-refractivity contribution >= 4 is 23.5 Å². The van der Waals surface area contributed by atoms with Gasteiger partial charge in [-0.3, -0.25) is 4.79 Å². The molecule has 1 aromatic heterocycles. The van der Waals surface area contributed by atoms with Gasteiger partial charge in [-0.2, -0.15) is 10.5 Å². The normalized spacial score (nSPS) is 17.2. The van der Waals surface area contributed by atoms with E-state index in [2.05, 4.69) is 35.1 Å². The minimum absolute atomic E-state index is 0.310. The Bertz CT molecular complexity index is 985. The van der Waals surface area contributed by atoms with E-state index in [-0.39, 0.29) is 0 Å². The number of nitrogens with two attached hydrogens (primary N) is 1. The molecule has 1 aliphatic heterocycles. The predicted octanol–water partition coefficient (Wildman–Crippen LogP) is 2.77. The van der Waals surface area contributed by atoms with Crippen LogP contribution in [0.1, 0.15) is 30.0 Å². The summed E-state index contributed by atoms with van der Waals surface area (Å²) in [6.45, 7) is 10.8. The lowest BCUT2D eigenvalue weighted by Gasteiger charge is -2.24. The lowest BCUT2D eigenvalue weighted by atomic mass is 10.0. The fourth-order valence-electron chi connectivity index (χ4n) is 3.65. The molecule has 1 fully saturated rings. The summed E-state index contributed by atoms with van der Waals surface area (Å²) in [6.07, 6.45) is 6.21. The second-order valence-electron chi connectivity index (χ2n) is 7.41. The first-order valence-corrected chi connectivity index (χ1v) is 10.9. The molecule has 0 spiro atoms. The molecule has 0 saturated carbocycles. The van der Waals surface area contributed by atoms with Gasteiger partial charge >= 0.3 is 0 Å².